The fourth-order valence-electron chi connectivity index (χ4n) is 3.10. The molecule has 0 saturated carbocycles. The predicted molar refractivity (Wildman–Crippen MR) is 93.0 cm³/mol. The van der Waals surface area contributed by atoms with E-state index in [1.807, 2.05) is 41.8 Å². The number of benzene rings is 1. The Bertz CT molecular complexity index is 741. The topological polar surface area (TPSA) is 71.9 Å². The van der Waals surface area contributed by atoms with Crippen LogP contribution >= 0.6 is 12.2 Å². The number of carbonyl (C=O) groups excluding carboxylic acids is 1. The van der Waals surface area contributed by atoms with Gasteiger partial charge >= 0.3 is 0 Å². The molecule has 0 spiro atoms. The minimum Gasteiger partial charge on any atom is -0.373 e. The molecule has 1 saturated heterocycles. The number of hydrogen-bond acceptors (Lipinski definition) is 4. The molecule has 3 rings (SSSR count). The molecular weight excluding hydrogens is 324 g/mol. The van der Waals surface area contributed by atoms with Gasteiger partial charge in [-0.3, -0.25) is 9.89 Å². The van der Waals surface area contributed by atoms with Gasteiger partial charge in [-0.15, -0.1) is 0 Å². The average molecular weight is 346 g/mol. The molecule has 7 heteroatoms. The summed E-state index contributed by atoms with van der Waals surface area (Å²) in [5.74, 6) is 0.702. The third-order valence-corrected chi connectivity index (χ3v) is 4.68. The first-order valence-corrected chi connectivity index (χ1v) is 8.63. The molecule has 0 unspecified atom stereocenters. The van der Waals surface area contributed by atoms with Crippen LogP contribution in [-0.2, 0) is 16.1 Å². The smallest absolute Gasteiger partial charge is 0.226 e. The summed E-state index contributed by atoms with van der Waals surface area (Å²) in [6.07, 6.45) is 1.58. The largest absolute Gasteiger partial charge is 0.373 e. The highest BCUT2D eigenvalue weighted by molar-refractivity contribution is 7.71. The summed E-state index contributed by atoms with van der Waals surface area (Å²) in [7, 11) is 0. The minimum atomic E-state index is -0.169. The van der Waals surface area contributed by atoms with Gasteiger partial charge in [0.1, 0.15) is 5.82 Å². The molecule has 1 aromatic carbocycles. The predicted octanol–water partition coefficient (Wildman–Crippen LogP) is 2.53. The third-order valence-electron chi connectivity index (χ3n) is 4.37. The SMILES string of the molecule is Cc1n[nH]c(=S)n1CCNC(=O)[C@H]1CCCO[C@H]1c1ccccc1. The monoisotopic (exact) mass is 346 g/mol. The number of carbonyl (C=O) groups is 1. The summed E-state index contributed by atoms with van der Waals surface area (Å²) >= 11 is 5.17. The van der Waals surface area contributed by atoms with Crippen LogP contribution in [0.25, 0.3) is 0 Å². The molecule has 1 aromatic heterocycles. The van der Waals surface area contributed by atoms with Crippen molar-refractivity contribution >= 4 is 18.1 Å². The van der Waals surface area contributed by atoms with Crippen LogP contribution in [0.2, 0.25) is 0 Å². The summed E-state index contributed by atoms with van der Waals surface area (Å²) in [5.41, 5.74) is 1.06. The first-order chi connectivity index (χ1) is 11.7. The van der Waals surface area contributed by atoms with Crippen LogP contribution in [-0.4, -0.2) is 33.8 Å². The Kier molecular flexibility index (Phi) is 5.42. The highest BCUT2D eigenvalue weighted by atomic mass is 32.1. The van der Waals surface area contributed by atoms with Gasteiger partial charge in [-0.1, -0.05) is 30.3 Å². The van der Waals surface area contributed by atoms with E-state index in [4.69, 9.17) is 17.0 Å². The summed E-state index contributed by atoms with van der Waals surface area (Å²) in [6, 6.07) is 9.96. The van der Waals surface area contributed by atoms with Crippen LogP contribution in [0.5, 0.6) is 0 Å². The molecule has 1 fully saturated rings. The summed E-state index contributed by atoms with van der Waals surface area (Å²) in [5, 5.41) is 9.84. The number of aromatic nitrogens is 3. The van der Waals surface area contributed by atoms with Gasteiger partial charge in [-0.05, 0) is 37.5 Å². The highest BCUT2D eigenvalue weighted by Gasteiger charge is 2.32. The van der Waals surface area contributed by atoms with Crippen molar-refractivity contribution in [3.63, 3.8) is 0 Å². The lowest BCUT2D eigenvalue weighted by atomic mass is 9.89. The molecule has 24 heavy (non-hydrogen) atoms. The number of amides is 1. The van der Waals surface area contributed by atoms with E-state index in [-0.39, 0.29) is 17.9 Å². The molecule has 2 aromatic rings. The maximum absolute atomic E-state index is 12.6. The Labute approximate surface area is 146 Å². The zero-order valence-electron chi connectivity index (χ0n) is 13.7. The van der Waals surface area contributed by atoms with Crippen LogP contribution in [0.1, 0.15) is 30.3 Å². The molecule has 0 bridgehead atoms. The second-order valence-electron chi connectivity index (χ2n) is 5.97. The van der Waals surface area contributed by atoms with Crippen LogP contribution in [0, 0.1) is 17.6 Å². The summed E-state index contributed by atoms with van der Waals surface area (Å²) < 4.78 is 8.34. The zero-order chi connectivity index (χ0) is 16.9. The van der Waals surface area contributed by atoms with Crippen LogP contribution in [0.15, 0.2) is 30.3 Å². The van der Waals surface area contributed by atoms with Crippen molar-refractivity contribution in [1.29, 1.82) is 0 Å². The van der Waals surface area contributed by atoms with Crippen LogP contribution in [0.3, 0.4) is 0 Å². The van der Waals surface area contributed by atoms with Gasteiger partial charge in [0.25, 0.3) is 0 Å². The Balaban J connectivity index is 1.61. The Morgan fingerprint density at radius 2 is 2.25 bits per heavy atom. The van der Waals surface area contributed by atoms with Crippen molar-refractivity contribution in [2.45, 2.75) is 32.4 Å². The maximum atomic E-state index is 12.6. The van der Waals surface area contributed by atoms with Gasteiger partial charge in [0.15, 0.2) is 4.77 Å². The van der Waals surface area contributed by atoms with E-state index < -0.39 is 0 Å². The van der Waals surface area contributed by atoms with Gasteiger partial charge < -0.3 is 14.6 Å². The molecule has 0 radical (unpaired) electrons. The number of ether oxygens (including phenoxy) is 1. The standard InChI is InChI=1S/C17H22N4O2S/c1-12-19-20-17(24)21(12)10-9-18-16(22)14-8-5-11-23-15(14)13-6-3-2-4-7-13/h2-4,6-7,14-15H,5,8-11H2,1H3,(H,18,22)(H,20,24)/t14-,15-/m0/s1. The second-order valence-corrected chi connectivity index (χ2v) is 6.36. The second kappa shape index (κ2) is 7.72. The number of hydrogen-bond donors (Lipinski definition) is 2. The summed E-state index contributed by atoms with van der Waals surface area (Å²) in [6.45, 7) is 3.71. The average Bonchev–Trinajstić information content (AvgIpc) is 2.94. The number of nitrogens with one attached hydrogen (secondary N) is 2. The molecule has 2 atom stereocenters. The number of H-pyrrole nitrogens is 1. The van der Waals surface area contributed by atoms with E-state index in [0.29, 0.717) is 24.5 Å². The number of nitrogens with zero attached hydrogens (tertiary/aromatic N) is 2. The lowest BCUT2D eigenvalue weighted by Gasteiger charge is -2.31. The highest BCUT2D eigenvalue weighted by Crippen LogP contribution is 2.33. The summed E-state index contributed by atoms with van der Waals surface area (Å²) in [4.78, 5) is 12.6. The number of aromatic amines is 1. The van der Waals surface area contributed by atoms with Crippen molar-refractivity contribution in [2.75, 3.05) is 13.2 Å². The Morgan fingerprint density at radius 3 is 2.96 bits per heavy atom. The molecule has 128 valence electrons. The zero-order valence-corrected chi connectivity index (χ0v) is 14.5. The quantitative estimate of drug-likeness (QED) is 0.816. The van der Waals surface area contributed by atoms with Gasteiger partial charge in [-0.2, -0.15) is 5.10 Å². The molecule has 6 nitrogen and oxygen atoms in total. The minimum absolute atomic E-state index is 0.0382. The van der Waals surface area contributed by atoms with Crippen LogP contribution in [0.4, 0.5) is 0 Å². The van der Waals surface area contributed by atoms with Crippen molar-refractivity contribution in [1.82, 2.24) is 20.1 Å². The van der Waals surface area contributed by atoms with Crippen molar-refractivity contribution < 1.29 is 9.53 Å². The van der Waals surface area contributed by atoms with Crippen LogP contribution < -0.4 is 5.32 Å². The number of rotatable bonds is 5. The first kappa shape index (κ1) is 16.9. The molecule has 1 amide bonds. The maximum Gasteiger partial charge on any atom is 0.226 e. The Hall–Kier alpha value is -1.99. The van der Waals surface area contributed by atoms with Gasteiger partial charge in [0, 0.05) is 19.7 Å². The lowest BCUT2D eigenvalue weighted by Crippen LogP contribution is -2.38. The van der Waals surface area contributed by atoms with Crippen molar-refractivity contribution in [3.8, 4) is 0 Å². The van der Waals surface area contributed by atoms with Crippen molar-refractivity contribution in [3.05, 3.63) is 46.5 Å². The van der Waals surface area contributed by atoms with E-state index in [9.17, 15) is 4.79 Å². The van der Waals surface area contributed by atoms with Gasteiger partial charge in [-0.25, -0.2) is 0 Å². The molecule has 0 aliphatic carbocycles. The number of aryl methyl sites for hydroxylation is 1. The fourth-order valence-corrected chi connectivity index (χ4v) is 3.37. The van der Waals surface area contributed by atoms with E-state index in [1.165, 1.54) is 0 Å². The molecular formula is C17H22N4O2S. The molecule has 2 heterocycles. The molecule has 1 aliphatic rings. The van der Waals surface area contributed by atoms with Crippen molar-refractivity contribution in [2.24, 2.45) is 5.92 Å². The third kappa shape index (κ3) is 3.73. The van der Waals surface area contributed by atoms with Gasteiger partial charge in [0.2, 0.25) is 5.91 Å². The normalized spacial score (nSPS) is 20.7. The first-order valence-electron chi connectivity index (χ1n) is 8.23. The van der Waals surface area contributed by atoms with E-state index in [1.54, 1.807) is 0 Å². The van der Waals surface area contributed by atoms with E-state index >= 15 is 0 Å². The van der Waals surface area contributed by atoms with Gasteiger partial charge in [0.05, 0.1) is 12.0 Å². The Morgan fingerprint density at radius 1 is 1.46 bits per heavy atom. The van der Waals surface area contributed by atoms with E-state index in [0.717, 1.165) is 24.2 Å². The molecule has 2 N–H and O–H groups in total. The lowest BCUT2D eigenvalue weighted by molar-refractivity contribution is -0.134. The fraction of sp³-hybridized carbons (Fsp3) is 0.471. The molecule has 1 aliphatic heterocycles. The van der Waals surface area contributed by atoms with E-state index in [2.05, 4.69) is 15.5 Å².